The summed E-state index contributed by atoms with van der Waals surface area (Å²) in [6.07, 6.45) is 4.61. The van der Waals surface area contributed by atoms with E-state index in [-0.39, 0.29) is 11.6 Å². The minimum absolute atomic E-state index is 0.108. The van der Waals surface area contributed by atoms with Crippen molar-refractivity contribution in [2.24, 2.45) is 0 Å². The van der Waals surface area contributed by atoms with Gasteiger partial charge in [-0.3, -0.25) is 0 Å². The zero-order chi connectivity index (χ0) is 10.6. The van der Waals surface area contributed by atoms with E-state index >= 15 is 0 Å². The number of rotatable bonds is 4. The van der Waals surface area contributed by atoms with Crippen molar-refractivity contribution in [3.63, 3.8) is 0 Å². The normalized spacial score (nSPS) is 18.5. The van der Waals surface area contributed by atoms with Crippen LogP contribution in [0, 0.1) is 0 Å². The van der Waals surface area contributed by atoms with Crippen LogP contribution >= 0.6 is 0 Å². The van der Waals surface area contributed by atoms with Crippen molar-refractivity contribution in [3.8, 4) is 0 Å². The van der Waals surface area contributed by atoms with Crippen molar-refractivity contribution < 1.29 is 4.79 Å². The molecular formula is C11H22N2O. The topological polar surface area (TPSA) is 32.3 Å². The maximum Gasteiger partial charge on any atom is 0.317 e. The highest BCUT2D eigenvalue weighted by Gasteiger charge is 2.37. The van der Waals surface area contributed by atoms with Crippen LogP contribution in [0.4, 0.5) is 4.79 Å². The highest BCUT2D eigenvalue weighted by atomic mass is 16.2. The molecule has 3 nitrogen and oxygen atoms in total. The Hall–Kier alpha value is -0.730. The van der Waals surface area contributed by atoms with E-state index in [1.54, 1.807) is 0 Å². The molecule has 1 N–H and O–H groups in total. The average molecular weight is 198 g/mol. The summed E-state index contributed by atoms with van der Waals surface area (Å²) in [4.78, 5) is 13.6. The number of nitrogens with zero attached hydrogens (tertiary/aromatic N) is 1. The largest absolute Gasteiger partial charge is 0.333 e. The van der Waals surface area contributed by atoms with E-state index in [2.05, 4.69) is 12.2 Å². The van der Waals surface area contributed by atoms with Gasteiger partial charge in [0.25, 0.3) is 0 Å². The Bertz CT molecular complexity index is 190. The second-order valence-electron chi connectivity index (χ2n) is 4.09. The van der Waals surface area contributed by atoms with Gasteiger partial charge in [0.2, 0.25) is 0 Å². The number of carbonyl (C=O) groups is 1. The van der Waals surface area contributed by atoms with Crippen LogP contribution in [0.2, 0.25) is 0 Å². The molecule has 0 aromatic rings. The van der Waals surface area contributed by atoms with Crippen molar-refractivity contribution >= 4 is 6.03 Å². The Morgan fingerprint density at radius 1 is 1.29 bits per heavy atom. The highest BCUT2D eigenvalue weighted by Crippen LogP contribution is 2.34. The minimum Gasteiger partial charge on any atom is -0.333 e. The van der Waals surface area contributed by atoms with E-state index in [4.69, 9.17) is 0 Å². The number of urea groups is 1. The van der Waals surface area contributed by atoms with Crippen LogP contribution in [0.5, 0.6) is 0 Å². The van der Waals surface area contributed by atoms with Gasteiger partial charge < -0.3 is 10.2 Å². The van der Waals surface area contributed by atoms with Crippen LogP contribution in [0.15, 0.2) is 0 Å². The van der Waals surface area contributed by atoms with Gasteiger partial charge in [-0.05, 0) is 39.5 Å². The Morgan fingerprint density at radius 2 is 1.86 bits per heavy atom. The van der Waals surface area contributed by atoms with Crippen molar-refractivity contribution in [1.82, 2.24) is 10.2 Å². The summed E-state index contributed by atoms with van der Waals surface area (Å²) in [7, 11) is 0. The summed E-state index contributed by atoms with van der Waals surface area (Å²) in [5.41, 5.74) is 0.125. The smallest absolute Gasteiger partial charge is 0.317 e. The van der Waals surface area contributed by atoms with Crippen molar-refractivity contribution in [2.45, 2.75) is 52.0 Å². The predicted molar refractivity (Wildman–Crippen MR) is 58.3 cm³/mol. The molecule has 1 aliphatic carbocycles. The monoisotopic (exact) mass is 198 g/mol. The van der Waals surface area contributed by atoms with Crippen LogP contribution in [-0.2, 0) is 0 Å². The maximum atomic E-state index is 11.8. The third kappa shape index (κ3) is 2.20. The molecule has 2 amide bonds. The molecule has 0 aliphatic heterocycles. The fourth-order valence-corrected chi connectivity index (χ4v) is 1.99. The molecule has 0 aromatic heterocycles. The summed E-state index contributed by atoms with van der Waals surface area (Å²) in [6, 6.07) is 0.108. The molecule has 0 heterocycles. The minimum atomic E-state index is 0.108. The van der Waals surface area contributed by atoms with Crippen LogP contribution < -0.4 is 5.32 Å². The maximum absolute atomic E-state index is 11.8. The average Bonchev–Trinajstić information content (AvgIpc) is 2.13. The van der Waals surface area contributed by atoms with Crippen LogP contribution in [0.1, 0.15) is 46.5 Å². The number of hydrogen-bond acceptors (Lipinski definition) is 1. The first kappa shape index (κ1) is 11.3. The van der Waals surface area contributed by atoms with Gasteiger partial charge in [-0.15, -0.1) is 0 Å². The van der Waals surface area contributed by atoms with Gasteiger partial charge in [-0.2, -0.15) is 0 Å². The summed E-state index contributed by atoms with van der Waals surface area (Å²) < 4.78 is 0. The molecule has 82 valence electrons. The first-order chi connectivity index (χ1) is 6.67. The Balaban J connectivity index is 2.46. The van der Waals surface area contributed by atoms with Crippen LogP contribution in [-0.4, -0.2) is 29.6 Å². The Morgan fingerprint density at radius 3 is 2.14 bits per heavy atom. The second kappa shape index (κ2) is 4.67. The molecule has 1 fully saturated rings. The summed E-state index contributed by atoms with van der Waals surface area (Å²) in [5.74, 6) is 0. The lowest BCUT2D eigenvalue weighted by Gasteiger charge is -2.43. The summed E-state index contributed by atoms with van der Waals surface area (Å²) >= 11 is 0. The predicted octanol–water partition coefficient (Wildman–Crippen LogP) is 2.37. The van der Waals surface area contributed by atoms with Crippen molar-refractivity contribution in [1.29, 1.82) is 0 Å². The number of hydrogen-bond donors (Lipinski definition) is 1. The third-order valence-electron chi connectivity index (χ3n) is 3.41. The van der Waals surface area contributed by atoms with Gasteiger partial charge in [-0.25, -0.2) is 4.79 Å². The molecule has 1 aliphatic rings. The van der Waals surface area contributed by atoms with Crippen LogP contribution in [0.25, 0.3) is 0 Å². The second-order valence-corrected chi connectivity index (χ2v) is 4.09. The quantitative estimate of drug-likeness (QED) is 0.739. The molecular weight excluding hydrogens is 176 g/mol. The molecule has 3 heteroatoms. The molecule has 1 rings (SSSR count). The van der Waals surface area contributed by atoms with E-state index in [9.17, 15) is 4.79 Å². The molecule has 0 spiro atoms. The highest BCUT2D eigenvalue weighted by molar-refractivity contribution is 5.75. The van der Waals surface area contributed by atoms with Gasteiger partial charge in [-0.1, -0.05) is 6.92 Å². The van der Waals surface area contributed by atoms with Crippen molar-refractivity contribution in [2.75, 3.05) is 13.1 Å². The lowest BCUT2D eigenvalue weighted by Crippen LogP contribution is -2.56. The first-order valence-electron chi connectivity index (χ1n) is 5.74. The number of amides is 2. The van der Waals surface area contributed by atoms with Gasteiger partial charge in [0.05, 0.1) is 0 Å². The molecule has 0 aromatic carbocycles. The molecule has 0 radical (unpaired) electrons. The third-order valence-corrected chi connectivity index (χ3v) is 3.41. The molecule has 1 saturated carbocycles. The lowest BCUT2D eigenvalue weighted by molar-refractivity contribution is 0.149. The van der Waals surface area contributed by atoms with Gasteiger partial charge in [0.15, 0.2) is 0 Å². The summed E-state index contributed by atoms with van der Waals surface area (Å²) in [5, 5.41) is 3.17. The van der Waals surface area contributed by atoms with Gasteiger partial charge >= 0.3 is 6.03 Å². The zero-order valence-corrected chi connectivity index (χ0v) is 9.60. The fraction of sp³-hybridized carbons (Fsp3) is 0.909. The standard InChI is InChI=1S/C11H22N2O/c1-4-11(8-7-9-11)12-10(14)13(5-2)6-3/h4-9H2,1-3H3,(H,12,14). The Kier molecular flexibility index (Phi) is 3.78. The van der Waals surface area contributed by atoms with E-state index in [0.717, 1.165) is 32.4 Å². The fourth-order valence-electron chi connectivity index (χ4n) is 1.99. The van der Waals surface area contributed by atoms with E-state index < -0.39 is 0 Å². The molecule has 0 saturated heterocycles. The van der Waals surface area contributed by atoms with E-state index in [1.165, 1.54) is 6.42 Å². The zero-order valence-electron chi connectivity index (χ0n) is 9.60. The SMILES string of the molecule is CCN(CC)C(=O)NC1(CC)CCC1. The van der Waals surface area contributed by atoms with E-state index in [0.29, 0.717) is 0 Å². The van der Waals surface area contributed by atoms with Crippen LogP contribution in [0.3, 0.4) is 0 Å². The van der Waals surface area contributed by atoms with Gasteiger partial charge in [0, 0.05) is 18.6 Å². The molecule has 0 unspecified atom stereocenters. The van der Waals surface area contributed by atoms with Crippen molar-refractivity contribution in [3.05, 3.63) is 0 Å². The summed E-state index contributed by atoms with van der Waals surface area (Å²) in [6.45, 7) is 7.77. The molecule has 14 heavy (non-hydrogen) atoms. The number of carbonyl (C=O) groups excluding carboxylic acids is 1. The first-order valence-corrected chi connectivity index (χ1v) is 5.74. The van der Waals surface area contributed by atoms with E-state index in [1.807, 2.05) is 18.7 Å². The molecule has 0 atom stereocenters. The number of nitrogens with one attached hydrogen (secondary N) is 1. The Labute approximate surface area is 86.9 Å². The van der Waals surface area contributed by atoms with Gasteiger partial charge in [0.1, 0.15) is 0 Å². The lowest BCUT2D eigenvalue weighted by atomic mass is 9.75. The molecule has 0 bridgehead atoms.